The van der Waals surface area contributed by atoms with Crippen LogP contribution in [0.2, 0.25) is 10.0 Å². The van der Waals surface area contributed by atoms with E-state index in [-0.39, 0.29) is 23.3 Å². The first kappa shape index (κ1) is 31.5. The van der Waals surface area contributed by atoms with Crippen molar-refractivity contribution in [3.8, 4) is 0 Å². The van der Waals surface area contributed by atoms with Gasteiger partial charge in [0.15, 0.2) is 0 Å². The van der Waals surface area contributed by atoms with Crippen LogP contribution in [0.1, 0.15) is 38.8 Å². The van der Waals surface area contributed by atoms with Crippen molar-refractivity contribution in [1.29, 1.82) is 0 Å². The van der Waals surface area contributed by atoms with Gasteiger partial charge < -0.3 is 10.2 Å². The van der Waals surface area contributed by atoms with Crippen molar-refractivity contribution in [3.63, 3.8) is 0 Å². The van der Waals surface area contributed by atoms with Gasteiger partial charge in [0.1, 0.15) is 12.6 Å². The minimum absolute atomic E-state index is 0.0278. The molecule has 3 aromatic carbocycles. The molecule has 0 aliphatic rings. The van der Waals surface area contributed by atoms with E-state index in [0.29, 0.717) is 27.8 Å². The Labute approximate surface area is 247 Å². The van der Waals surface area contributed by atoms with Crippen molar-refractivity contribution >= 4 is 50.7 Å². The molecule has 0 aromatic heterocycles. The lowest BCUT2D eigenvalue weighted by atomic mass is 10.1. The van der Waals surface area contributed by atoms with Gasteiger partial charge >= 0.3 is 0 Å². The fraction of sp³-hybridized carbons (Fsp3) is 0.333. The normalized spacial score (nSPS) is 12.2. The van der Waals surface area contributed by atoms with Crippen LogP contribution in [0.4, 0.5) is 5.69 Å². The number of carbonyl (C=O) groups is 2. The summed E-state index contributed by atoms with van der Waals surface area (Å²) in [7, 11) is -4.11. The number of nitrogens with one attached hydrogen (secondary N) is 1. The maximum absolute atomic E-state index is 13.9. The molecule has 0 unspecified atom stereocenters. The van der Waals surface area contributed by atoms with Crippen LogP contribution in [0, 0.1) is 5.92 Å². The molecule has 3 aromatic rings. The standard InChI is InChI=1S/C30H35Cl2N3O4S/c1-5-23-11-14-25(15-12-23)35(40(38,39)26-9-7-6-8-10-26)20-29(36)34(22(4)30(37)33-18-21(2)3)19-24-13-16-27(31)28(32)17-24/h6-17,21-22H,5,18-20H2,1-4H3,(H,33,37)/t22-/m1/s1. The van der Waals surface area contributed by atoms with Gasteiger partial charge in [0, 0.05) is 13.1 Å². The number of halogens is 2. The van der Waals surface area contributed by atoms with Crippen molar-refractivity contribution in [1.82, 2.24) is 10.2 Å². The number of sulfonamides is 1. The van der Waals surface area contributed by atoms with Crippen LogP contribution >= 0.6 is 23.2 Å². The van der Waals surface area contributed by atoms with E-state index in [1.807, 2.05) is 32.9 Å². The molecule has 0 aliphatic carbocycles. The van der Waals surface area contributed by atoms with E-state index in [1.165, 1.54) is 17.0 Å². The lowest BCUT2D eigenvalue weighted by Gasteiger charge is -2.32. The van der Waals surface area contributed by atoms with Gasteiger partial charge in [0.25, 0.3) is 10.0 Å². The summed E-state index contributed by atoms with van der Waals surface area (Å²) in [6, 6.07) is 19.1. The highest BCUT2D eigenvalue weighted by Gasteiger charge is 2.32. The van der Waals surface area contributed by atoms with E-state index < -0.39 is 28.5 Å². The largest absolute Gasteiger partial charge is 0.354 e. The second-order valence-electron chi connectivity index (χ2n) is 9.93. The van der Waals surface area contributed by atoms with Gasteiger partial charge in [-0.05, 0) is 66.8 Å². The topological polar surface area (TPSA) is 86.8 Å². The number of anilines is 1. The molecule has 0 bridgehead atoms. The Kier molecular flexibility index (Phi) is 11.0. The number of hydrogen-bond donors (Lipinski definition) is 1. The lowest BCUT2D eigenvalue weighted by Crippen LogP contribution is -2.51. The molecule has 2 amide bonds. The number of nitrogens with zero attached hydrogens (tertiary/aromatic N) is 2. The van der Waals surface area contributed by atoms with Crippen LogP contribution in [0.25, 0.3) is 0 Å². The number of amides is 2. The van der Waals surface area contributed by atoms with Crippen LogP contribution in [0.15, 0.2) is 77.7 Å². The van der Waals surface area contributed by atoms with Gasteiger partial charge in [-0.3, -0.25) is 13.9 Å². The first-order valence-electron chi connectivity index (χ1n) is 13.1. The summed E-state index contributed by atoms with van der Waals surface area (Å²) >= 11 is 12.3. The molecule has 214 valence electrons. The summed E-state index contributed by atoms with van der Waals surface area (Å²) in [6.07, 6.45) is 0.783. The number of carbonyl (C=O) groups excluding carboxylic acids is 2. The molecule has 0 spiro atoms. The maximum atomic E-state index is 13.9. The molecule has 1 atom stereocenters. The lowest BCUT2D eigenvalue weighted by molar-refractivity contribution is -0.139. The van der Waals surface area contributed by atoms with Crippen molar-refractivity contribution in [2.75, 3.05) is 17.4 Å². The van der Waals surface area contributed by atoms with Crippen LogP contribution in [-0.4, -0.2) is 44.3 Å². The molecule has 0 saturated heterocycles. The second-order valence-corrected chi connectivity index (χ2v) is 12.6. The summed E-state index contributed by atoms with van der Waals surface area (Å²) < 4.78 is 28.7. The Morgan fingerprint density at radius 2 is 1.50 bits per heavy atom. The Morgan fingerprint density at radius 1 is 0.875 bits per heavy atom. The zero-order valence-electron chi connectivity index (χ0n) is 23.1. The van der Waals surface area contributed by atoms with E-state index >= 15 is 0 Å². The van der Waals surface area contributed by atoms with E-state index in [0.717, 1.165) is 16.3 Å². The number of rotatable bonds is 12. The van der Waals surface area contributed by atoms with Crippen LogP contribution in [-0.2, 0) is 32.6 Å². The highest BCUT2D eigenvalue weighted by Crippen LogP contribution is 2.26. The monoisotopic (exact) mass is 603 g/mol. The third-order valence-electron chi connectivity index (χ3n) is 6.43. The summed E-state index contributed by atoms with van der Waals surface area (Å²) in [5.41, 5.74) is 2.03. The van der Waals surface area contributed by atoms with Crippen LogP contribution in [0.3, 0.4) is 0 Å². The van der Waals surface area contributed by atoms with E-state index in [1.54, 1.807) is 55.5 Å². The highest BCUT2D eigenvalue weighted by atomic mass is 35.5. The first-order valence-corrected chi connectivity index (χ1v) is 15.3. The average molecular weight is 605 g/mol. The maximum Gasteiger partial charge on any atom is 0.264 e. The molecular weight excluding hydrogens is 569 g/mol. The Morgan fingerprint density at radius 3 is 2.08 bits per heavy atom. The average Bonchev–Trinajstić information content (AvgIpc) is 2.95. The molecule has 1 N–H and O–H groups in total. The molecule has 40 heavy (non-hydrogen) atoms. The third kappa shape index (κ3) is 7.99. The van der Waals surface area contributed by atoms with E-state index in [9.17, 15) is 18.0 Å². The van der Waals surface area contributed by atoms with E-state index in [2.05, 4.69) is 5.32 Å². The SMILES string of the molecule is CCc1ccc(N(CC(=O)N(Cc2ccc(Cl)c(Cl)c2)[C@H](C)C(=O)NCC(C)C)S(=O)(=O)c2ccccc2)cc1. The van der Waals surface area contributed by atoms with Crippen LogP contribution < -0.4 is 9.62 Å². The van der Waals surface area contributed by atoms with Gasteiger partial charge in [-0.15, -0.1) is 0 Å². The molecule has 0 radical (unpaired) electrons. The first-order chi connectivity index (χ1) is 18.9. The zero-order valence-corrected chi connectivity index (χ0v) is 25.4. The van der Waals surface area contributed by atoms with E-state index in [4.69, 9.17) is 23.2 Å². The molecule has 0 aliphatic heterocycles. The smallest absolute Gasteiger partial charge is 0.264 e. The Bertz CT molecular complexity index is 1410. The molecular formula is C30H35Cl2N3O4S. The summed E-state index contributed by atoms with van der Waals surface area (Å²) in [5.74, 6) is -0.669. The van der Waals surface area contributed by atoms with Gasteiger partial charge in [-0.25, -0.2) is 8.42 Å². The van der Waals surface area contributed by atoms with Crippen molar-refractivity contribution in [2.45, 2.75) is 51.6 Å². The second kappa shape index (κ2) is 14.0. The van der Waals surface area contributed by atoms with Crippen molar-refractivity contribution in [3.05, 3.63) is 94.0 Å². The third-order valence-corrected chi connectivity index (χ3v) is 8.96. The minimum atomic E-state index is -4.11. The molecule has 7 nitrogen and oxygen atoms in total. The zero-order chi connectivity index (χ0) is 29.4. The fourth-order valence-corrected chi connectivity index (χ4v) is 5.77. The Balaban J connectivity index is 2.01. The molecule has 0 heterocycles. The summed E-state index contributed by atoms with van der Waals surface area (Å²) in [6.45, 7) is 7.53. The number of hydrogen-bond acceptors (Lipinski definition) is 4. The Hall–Kier alpha value is -3.07. The van der Waals surface area contributed by atoms with Crippen molar-refractivity contribution < 1.29 is 18.0 Å². The van der Waals surface area contributed by atoms with Crippen molar-refractivity contribution in [2.24, 2.45) is 5.92 Å². The summed E-state index contributed by atoms with van der Waals surface area (Å²) in [4.78, 5) is 28.4. The molecule has 0 saturated carbocycles. The number of aryl methyl sites for hydroxylation is 1. The van der Waals surface area contributed by atoms with Crippen LogP contribution in [0.5, 0.6) is 0 Å². The highest BCUT2D eigenvalue weighted by molar-refractivity contribution is 7.92. The van der Waals surface area contributed by atoms with Gasteiger partial charge in [0.05, 0.1) is 20.6 Å². The fourth-order valence-electron chi connectivity index (χ4n) is 4.02. The molecule has 3 rings (SSSR count). The van der Waals surface area contributed by atoms with Gasteiger partial charge in [0.2, 0.25) is 11.8 Å². The van der Waals surface area contributed by atoms with Gasteiger partial charge in [-0.1, -0.05) is 80.4 Å². The van der Waals surface area contributed by atoms with Gasteiger partial charge in [-0.2, -0.15) is 0 Å². The predicted molar refractivity (Wildman–Crippen MR) is 161 cm³/mol. The minimum Gasteiger partial charge on any atom is -0.354 e. The number of benzene rings is 3. The molecule has 10 heteroatoms. The predicted octanol–water partition coefficient (Wildman–Crippen LogP) is 5.94. The molecule has 0 fully saturated rings. The summed E-state index contributed by atoms with van der Waals surface area (Å²) in [5, 5.41) is 3.54. The quantitative estimate of drug-likeness (QED) is 0.277.